The van der Waals surface area contributed by atoms with E-state index in [1.165, 1.54) is 19.2 Å². The van der Waals surface area contributed by atoms with Crippen molar-refractivity contribution in [2.75, 3.05) is 7.11 Å². The standard InChI is InChI=1S/C12H16O4S2/c1-9(17)11(8-12(13)16-2)18(14,15)10-6-4-3-5-7-10/h3-7,9,11,17H,8H2,1-2H3. The van der Waals surface area contributed by atoms with Crippen LogP contribution in [0.2, 0.25) is 0 Å². The van der Waals surface area contributed by atoms with Crippen LogP contribution < -0.4 is 0 Å². The lowest BCUT2D eigenvalue weighted by Crippen LogP contribution is -2.32. The van der Waals surface area contributed by atoms with Gasteiger partial charge in [0.15, 0.2) is 9.84 Å². The maximum absolute atomic E-state index is 12.4. The molecule has 0 bridgehead atoms. The van der Waals surface area contributed by atoms with E-state index in [0.29, 0.717) is 0 Å². The molecule has 1 rings (SSSR count). The SMILES string of the molecule is COC(=O)CC(C(C)S)S(=O)(=O)c1ccccc1. The van der Waals surface area contributed by atoms with Gasteiger partial charge in [-0.3, -0.25) is 4.79 Å². The molecule has 0 aliphatic carbocycles. The Labute approximate surface area is 113 Å². The molecule has 0 spiro atoms. The lowest BCUT2D eigenvalue weighted by atomic mass is 10.2. The highest BCUT2D eigenvalue weighted by Gasteiger charge is 2.33. The van der Waals surface area contributed by atoms with Gasteiger partial charge in [0.25, 0.3) is 0 Å². The van der Waals surface area contributed by atoms with E-state index in [9.17, 15) is 13.2 Å². The van der Waals surface area contributed by atoms with Gasteiger partial charge in [-0.15, -0.1) is 0 Å². The lowest BCUT2D eigenvalue weighted by molar-refractivity contribution is -0.140. The predicted octanol–water partition coefficient (Wildman–Crippen LogP) is 1.71. The molecule has 0 aromatic heterocycles. The van der Waals surface area contributed by atoms with E-state index in [4.69, 9.17) is 0 Å². The Kier molecular flexibility index (Phi) is 5.22. The number of hydrogen-bond donors (Lipinski definition) is 1. The molecule has 2 unspecified atom stereocenters. The largest absolute Gasteiger partial charge is 0.469 e. The molecular formula is C12H16O4S2. The fraction of sp³-hybridized carbons (Fsp3) is 0.417. The highest BCUT2D eigenvalue weighted by Crippen LogP contribution is 2.23. The Balaban J connectivity index is 3.10. The average molecular weight is 288 g/mol. The molecule has 18 heavy (non-hydrogen) atoms. The monoisotopic (exact) mass is 288 g/mol. The third kappa shape index (κ3) is 3.49. The number of carbonyl (C=O) groups excluding carboxylic acids is 1. The Bertz CT molecular complexity index is 494. The van der Waals surface area contributed by atoms with Gasteiger partial charge in [-0.05, 0) is 12.1 Å². The molecular weight excluding hydrogens is 272 g/mol. The topological polar surface area (TPSA) is 60.4 Å². The van der Waals surface area contributed by atoms with Gasteiger partial charge >= 0.3 is 5.97 Å². The van der Waals surface area contributed by atoms with E-state index < -0.39 is 26.3 Å². The van der Waals surface area contributed by atoms with Gasteiger partial charge < -0.3 is 4.74 Å². The first-order chi connectivity index (χ1) is 8.39. The fourth-order valence-corrected chi connectivity index (χ4v) is 3.92. The first kappa shape index (κ1) is 15.0. The van der Waals surface area contributed by atoms with Crippen LogP contribution in [0.4, 0.5) is 0 Å². The highest BCUT2D eigenvalue weighted by atomic mass is 32.2. The Hall–Kier alpha value is -1.01. The van der Waals surface area contributed by atoms with Crippen molar-refractivity contribution in [2.24, 2.45) is 0 Å². The van der Waals surface area contributed by atoms with Crippen molar-refractivity contribution < 1.29 is 17.9 Å². The van der Waals surface area contributed by atoms with Crippen LogP contribution in [-0.2, 0) is 19.4 Å². The third-order valence-corrected chi connectivity index (χ3v) is 5.47. The van der Waals surface area contributed by atoms with Crippen LogP contribution in [-0.4, -0.2) is 32.0 Å². The number of carbonyl (C=O) groups is 1. The van der Waals surface area contributed by atoms with Gasteiger partial charge in [0.1, 0.15) is 0 Å². The maximum atomic E-state index is 12.4. The Morgan fingerprint density at radius 2 is 1.89 bits per heavy atom. The van der Waals surface area contributed by atoms with Gasteiger partial charge in [0, 0.05) is 5.25 Å². The van der Waals surface area contributed by atoms with E-state index >= 15 is 0 Å². The molecule has 0 aliphatic heterocycles. The van der Waals surface area contributed by atoms with Crippen molar-refractivity contribution >= 4 is 28.4 Å². The van der Waals surface area contributed by atoms with Crippen LogP contribution in [0.1, 0.15) is 13.3 Å². The molecule has 0 N–H and O–H groups in total. The van der Waals surface area contributed by atoms with Gasteiger partial charge in [-0.1, -0.05) is 25.1 Å². The molecule has 0 fully saturated rings. The molecule has 6 heteroatoms. The van der Waals surface area contributed by atoms with Crippen molar-refractivity contribution in [3.8, 4) is 0 Å². The zero-order chi connectivity index (χ0) is 13.8. The number of methoxy groups -OCH3 is 1. The number of rotatable bonds is 5. The predicted molar refractivity (Wildman–Crippen MR) is 72.5 cm³/mol. The molecule has 100 valence electrons. The van der Waals surface area contributed by atoms with Gasteiger partial charge in [0.05, 0.1) is 23.7 Å². The van der Waals surface area contributed by atoms with Crippen molar-refractivity contribution in [3.05, 3.63) is 30.3 Å². The van der Waals surface area contributed by atoms with Crippen molar-refractivity contribution in [1.29, 1.82) is 0 Å². The van der Waals surface area contributed by atoms with Crippen LogP contribution in [0.15, 0.2) is 35.2 Å². The normalized spacial score (nSPS) is 14.8. The van der Waals surface area contributed by atoms with E-state index in [2.05, 4.69) is 17.4 Å². The summed E-state index contributed by atoms with van der Waals surface area (Å²) >= 11 is 4.16. The molecule has 1 aromatic rings. The zero-order valence-electron chi connectivity index (χ0n) is 10.2. The third-order valence-electron chi connectivity index (χ3n) is 2.60. The van der Waals surface area contributed by atoms with Gasteiger partial charge in [-0.25, -0.2) is 8.42 Å². The Morgan fingerprint density at radius 3 is 2.33 bits per heavy atom. The summed E-state index contributed by atoms with van der Waals surface area (Å²) in [6.45, 7) is 1.65. The quantitative estimate of drug-likeness (QED) is 0.662. The minimum Gasteiger partial charge on any atom is -0.469 e. The van der Waals surface area contributed by atoms with E-state index in [1.807, 2.05) is 0 Å². The summed E-state index contributed by atoms with van der Waals surface area (Å²) in [5.41, 5.74) is 0. The van der Waals surface area contributed by atoms with Crippen LogP contribution in [0.5, 0.6) is 0 Å². The molecule has 0 amide bonds. The average Bonchev–Trinajstić information content (AvgIpc) is 2.36. The zero-order valence-corrected chi connectivity index (χ0v) is 11.9. The molecule has 0 aliphatic rings. The number of hydrogen-bond acceptors (Lipinski definition) is 5. The number of sulfone groups is 1. The second kappa shape index (κ2) is 6.24. The molecule has 4 nitrogen and oxygen atoms in total. The number of thiol groups is 1. The number of benzene rings is 1. The van der Waals surface area contributed by atoms with E-state index in [-0.39, 0.29) is 11.3 Å². The second-order valence-electron chi connectivity index (χ2n) is 3.92. The Morgan fingerprint density at radius 1 is 1.33 bits per heavy atom. The summed E-state index contributed by atoms with van der Waals surface area (Å²) in [6, 6.07) is 8.04. The van der Waals surface area contributed by atoms with Gasteiger partial charge in [0.2, 0.25) is 0 Å². The van der Waals surface area contributed by atoms with Crippen molar-refractivity contribution in [2.45, 2.75) is 28.7 Å². The minimum absolute atomic E-state index is 0.194. The first-order valence-corrected chi connectivity index (χ1v) is 7.49. The summed E-state index contributed by atoms with van der Waals surface area (Å²) in [7, 11) is -2.35. The number of esters is 1. The lowest BCUT2D eigenvalue weighted by Gasteiger charge is -2.19. The molecule has 0 radical (unpaired) electrons. The summed E-state index contributed by atoms with van der Waals surface area (Å²) in [6.07, 6.45) is -0.196. The van der Waals surface area contributed by atoms with Crippen LogP contribution in [0.3, 0.4) is 0 Å². The van der Waals surface area contributed by atoms with Crippen molar-refractivity contribution in [3.63, 3.8) is 0 Å². The minimum atomic E-state index is -3.58. The summed E-state index contributed by atoms with van der Waals surface area (Å²) in [5, 5.41) is -1.36. The fourth-order valence-electron chi connectivity index (χ4n) is 1.57. The van der Waals surface area contributed by atoms with Crippen LogP contribution in [0.25, 0.3) is 0 Å². The summed E-state index contributed by atoms with van der Waals surface area (Å²) in [5.74, 6) is -0.555. The smallest absolute Gasteiger partial charge is 0.306 e. The maximum Gasteiger partial charge on any atom is 0.306 e. The van der Waals surface area contributed by atoms with E-state index in [0.717, 1.165) is 0 Å². The molecule has 2 atom stereocenters. The highest BCUT2D eigenvalue weighted by molar-refractivity contribution is 7.93. The first-order valence-electron chi connectivity index (χ1n) is 5.43. The van der Waals surface area contributed by atoms with Crippen LogP contribution >= 0.6 is 12.6 Å². The van der Waals surface area contributed by atoms with Crippen LogP contribution in [0, 0.1) is 0 Å². The molecule has 0 heterocycles. The molecule has 0 saturated carbocycles. The second-order valence-corrected chi connectivity index (χ2v) is 6.90. The summed E-state index contributed by atoms with van der Waals surface area (Å²) < 4.78 is 29.3. The van der Waals surface area contributed by atoms with Crippen molar-refractivity contribution in [1.82, 2.24) is 0 Å². The summed E-state index contributed by atoms with van der Waals surface area (Å²) in [4.78, 5) is 11.5. The number of ether oxygens (including phenoxy) is 1. The molecule has 0 saturated heterocycles. The van der Waals surface area contributed by atoms with E-state index in [1.54, 1.807) is 25.1 Å². The molecule has 1 aromatic carbocycles. The van der Waals surface area contributed by atoms with Gasteiger partial charge in [-0.2, -0.15) is 12.6 Å².